The lowest BCUT2D eigenvalue weighted by molar-refractivity contribution is -0.153. The summed E-state index contributed by atoms with van der Waals surface area (Å²) in [5, 5.41) is 0. The van der Waals surface area contributed by atoms with E-state index in [4.69, 9.17) is 14.2 Å². The summed E-state index contributed by atoms with van der Waals surface area (Å²) in [4.78, 5) is 23.3. The first-order chi connectivity index (χ1) is 8.62. The molecule has 1 heterocycles. The maximum atomic E-state index is 11.6. The van der Waals surface area contributed by atoms with Gasteiger partial charge in [-0.2, -0.15) is 0 Å². The van der Waals surface area contributed by atoms with E-state index in [-0.39, 0.29) is 30.2 Å². The summed E-state index contributed by atoms with van der Waals surface area (Å²) in [6.45, 7) is 5.45. The smallest absolute Gasteiger partial charge is 0.306 e. The normalized spacial score (nSPS) is 18.1. The molecule has 0 atom stereocenters. The number of carbonyl (C=O) groups is 2. The summed E-state index contributed by atoms with van der Waals surface area (Å²) in [7, 11) is 0. The van der Waals surface area contributed by atoms with Gasteiger partial charge in [0.1, 0.15) is 0 Å². The minimum atomic E-state index is -0.350. The van der Waals surface area contributed by atoms with Crippen LogP contribution in [0.2, 0.25) is 0 Å². The van der Waals surface area contributed by atoms with Crippen LogP contribution in [0.15, 0.2) is 0 Å². The van der Waals surface area contributed by atoms with Crippen molar-refractivity contribution in [1.82, 2.24) is 0 Å². The Hall–Kier alpha value is -1.10. The van der Waals surface area contributed by atoms with Crippen LogP contribution in [-0.2, 0) is 23.8 Å². The molecule has 0 radical (unpaired) electrons. The van der Waals surface area contributed by atoms with Crippen LogP contribution in [0.3, 0.4) is 0 Å². The highest BCUT2D eigenvalue weighted by Gasteiger charge is 2.38. The summed E-state index contributed by atoms with van der Waals surface area (Å²) in [5.74, 6) is -0.493. The summed E-state index contributed by atoms with van der Waals surface area (Å²) in [6.07, 6.45) is 1.93. The van der Waals surface area contributed by atoms with E-state index in [0.29, 0.717) is 39.3 Å². The average molecular weight is 258 g/mol. The Labute approximate surface area is 108 Å². The van der Waals surface area contributed by atoms with Crippen molar-refractivity contribution >= 4 is 11.9 Å². The zero-order valence-corrected chi connectivity index (χ0v) is 11.2. The van der Waals surface area contributed by atoms with Gasteiger partial charge in [0.2, 0.25) is 0 Å². The molecule has 0 aromatic carbocycles. The third kappa shape index (κ3) is 4.64. The molecule has 0 saturated carbocycles. The monoisotopic (exact) mass is 258 g/mol. The van der Waals surface area contributed by atoms with Crippen molar-refractivity contribution in [2.24, 2.45) is 5.41 Å². The van der Waals surface area contributed by atoms with Gasteiger partial charge >= 0.3 is 11.9 Å². The van der Waals surface area contributed by atoms with Crippen molar-refractivity contribution < 1.29 is 23.8 Å². The molecule has 1 aliphatic heterocycles. The largest absolute Gasteiger partial charge is 0.466 e. The van der Waals surface area contributed by atoms with Crippen LogP contribution in [0.1, 0.15) is 39.5 Å². The van der Waals surface area contributed by atoms with Gasteiger partial charge in [0, 0.05) is 13.2 Å². The third-order valence-electron chi connectivity index (χ3n) is 3.20. The summed E-state index contributed by atoms with van der Waals surface area (Å²) in [5.41, 5.74) is -0.350. The van der Waals surface area contributed by atoms with E-state index in [1.807, 2.05) is 0 Å². The first-order valence-electron chi connectivity index (χ1n) is 6.51. The van der Waals surface area contributed by atoms with E-state index in [9.17, 15) is 9.59 Å². The zero-order valence-electron chi connectivity index (χ0n) is 11.2. The van der Waals surface area contributed by atoms with Gasteiger partial charge in [0.05, 0.1) is 26.1 Å². The molecule has 0 spiro atoms. The predicted molar refractivity (Wildman–Crippen MR) is 65.0 cm³/mol. The van der Waals surface area contributed by atoms with E-state index >= 15 is 0 Å². The molecule has 0 aromatic heterocycles. The van der Waals surface area contributed by atoms with Crippen molar-refractivity contribution in [3.63, 3.8) is 0 Å². The van der Waals surface area contributed by atoms with Crippen LogP contribution >= 0.6 is 0 Å². The van der Waals surface area contributed by atoms with Crippen LogP contribution in [0, 0.1) is 5.41 Å². The highest BCUT2D eigenvalue weighted by molar-refractivity contribution is 5.74. The molecule has 5 nitrogen and oxygen atoms in total. The van der Waals surface area contributed by atoms with Gasteiger partial charge in [0.25, 0.3) is 0 Å². The minimum Gasteiger partial charge on any atom is -0.466 e. The van der Waals surface area contributed by atoms with Crippen LogP contribution in [0.5, 0.6) is 0 Å². The first kappa shape index (κ1) is 15.0. The van der Waals surface area contributed by atoms with Crippen LogP contribution in [-0.4, -0.2) is 38.4 Å². The molecule has 0 aromatic rings. The zero-order chi connectivity index (χ0) is 13.4. The van der Waals surface area contributed by atoms with Crippen molar-refractivity contribution in [1.29, 1.82) is 0 Å². The third-order valence-corrected chi connectivity index (χ3v) is 3.20. The second-order valence-electron chi connectivity index (χ2n) is 4.58. The van der Waals surface area contributed by atoms with E-state index < -0.39 is 0 Å². The summed E-state index contributed by atoms with van der Waals surface area (Å²) in [6, 6.07) is 0. The van der Waals surface area contributed by atoms with Gasteiger partial charge in [-0.3, -0.25) is 9.59 Å². The molecule has 0 unspecified atom stereocenters. The Morgan fingerprint density at radius 3 is 1.83 bits per heavy atom. The maximum Gasteiger partial charge on any atom is 0.306 e. The van der Waals surface area contributed by atoms with Gasteiger partial charge in [-0.25, -0.2) is 0 Å². The van der Waals surface area contributed by atoms with Gasteiger partial charge in [-0.15, -0.1) is 0 Å². The van der Waals surface area contributed by atoms with Gasteiger partial charge in [0.15, 0.2) is 0 Å². The van der Waals surface area contributed by atoms with Crippen LogP contribution < -0.4 is 0 Å². The van der Waals surface area contributed by atoms with Gasteiger partial charge in [-0.1, -0.05) is 0 Å². The molecule has 0 bridgehead atoms. The maximum absolute atomic E-state index is 11.6. The molecule has 104 valence electrons. The van der Waals surface area contributed by atoms with Crippen molar-refractivity contribution in [2.45, 2.75) is 39.5 Å². The number of carbonyl (C=O) groups excluding carboxylic acids is 2. The van der Waals surface area contributed by atoms with Gasteiger partial charge in [-0.05, 0) is 32.1 Å². The molecule has 18 heavy (non-hydrogen) atoms. The first-order valence-corrected chi connectivity index (χ1v) is 6.51. The number of ether oxygens (including phenoxy) is 3. The lowest BCUT2D eigenvalue weighted by Gasteiger charge is -2.35. The SMILES string of the molecule is CCOC(=O)CC1(CC(=O)OCC)CCOCC1. The molecule has 0 amide bonds. The predicted octanol–water partition coefficient (Wildman–Crippen LogP) is 1.69. The second-order valence-corrected chi connectivity index (χ2v) is 4.58. The summed E-state index contributed by atoms with van der Waals surface area (Å²) < 4.78 is 15.3. The number of rotatable bonds is 6. The number of esters is 2. The topological polar surface area (TPSA) is 61.8 Å². The molecule has 0 N–H and O–H groups in total. The van der Waals surface area contributed by atoms with Crippen molar-refractivity contribution in [3.8, 4) is 0 Å². The standard InChI is InChI=1S/C13H22O5/c1-3-17-11(14)9-13(5-7-16-8-6-13)10-12(15)18-4-2/h3-10H2,1-2H3. The fourth-order valence-corrected chi connectivity index (χ4v) is 2.26. The van der Waals surface area contributed by atoms with Crippen molar-refractivity contribution in [3.05, 3.63) is 0 Å². The molecular formula is C13H22O5. The van der Waals surface area contributed by atoms with Gasteiger partial charge < -0.3 is 14.2 Å². The Morgan fingerprint density at radius 2 is 1.44 bits per heavy atom. The molecule has 5 heteroatoms. The Kier molecular flexibility index (Phi) is 6.12. The van der Waals surface area contributed by atoms with E-state index in [2.05, 4.69) is 0 Å². The van der Waals surface area contributed by atoms with E-state index in [1.165, 1.54) is 0 Å². The molecule has 1 fully saturated rings. The molecular weight excluding hydrogens is 236 g/mol. The van der Waals surface area contributed by atoms with Crippen LogP contribution in [0.4, 0.5) is 0 Å². The van der Waals surface area contributed by atoms with Crippen molar-refractivity contribution in [2.75, 3.05) is 26.4 Å². The minimum absolute atomic E-state index is 0.247. The quantitative estimate of drug-likeness (QED) is 0.678. The molecule has 1 rings (SSSR count). The average Bonchev–Trinajstić information content (AvgIpc) is 2.30. The fourth-order valence-electron chi connectivity index (χ4n) is 2.26. The summed E-state index contributed by atoms with van der Waals surface area (Å²) >= 11 is 0. The Bertz CT molecular complexity index is 259. The fraction of sp³-hybridized carbons (Fsp3) is 0.846. The molecule has 1 saturated heterocycles. The lowest BCUT2D eigenvalue weighted by atomic mass is 9.74. The molecule has 0 aliphatic carbocycles. The Morgan fingerprint density at radius 1 is 1.00 bits per heavy atom. The molecule has 1 aliphatic rings. The Balaban J connectivity index is 2.62. The van der Waals surface area contributed by atoms with E-state index in [0.717, 1.165) is 0 Å². The van der Waals surface area contributed by atoms with Crippen LogP contribution in [0.25, 0.3) is 0 Å². The highest BCUT2D eigenvalue weighted by atomic mass is 16.5. The highest BCUT2D eigenvalue weighted by Crippen LogP contribution is 2.38. The van der Waals surface area contributed by atoms with E-state index in [1.54, 1.807) is 13.8 Å². The number of hydrogen-bond donors (Lipinski definition) is 0. The number of hydrogen-bond acceptors (Lipinski definition) is 5. The second kappa shape index (κ2) is 7.36. The lowest BCUT2D eigenvalue weighted by Crippen LogP contribution is -2.35.